The lowest BCUT2D eigenvalue weighted by molar-refractivity contribution is 0.469. The van der Waals surface area contributed by atoms with E-state index in [1.807, 2.05) is 0 Å². The average Bonchev–Trinajstić information content (AvgIpc) is 2.85. The first kappa shape index (κ1) is 13.9. The Bertz CT molecular complexity index is 747. The summed E-state index contributed by atoms with van der Waals surface area (Å²) in [4.78, 5) is 4.24. The van der Waals surface area contributed by atoms with Crippen molar-refractivity contribution in [3.8, 4) is 5.75 Å². The van der Waals surface area contributed by atoms with Crippen LogP contribution in [-0.4, -0.2) is 10.1 Å². The summed E-state index contributed by atoms with van der Waals surface area (Å²) in [6, 6.07) is 8.85. The number of phenolic OH excluding ortho intramolecular Hbond substituents is 1. The second-order valence-electron chi connectivity index (χ2n) is 4.76. The lowest BCUT2D eigenvalue weighted by Crippen LogP contribution is -2.13. The van der Waals surface area contributed by atoms with E-state index in [1.54, 1.807) is 24.3 Å². The van der Waals surface area contributed by atoms with Gasteiger partial charge in [0.25, 0.3) is 0 Å². The molecule has 0 bridgehead atoms. The third-order valence-corrected chi connectivity index (χ3v) is 3.45. The maximum absolute atomic E-state index is 13.4. The zero-order valence-corrected chi connectivity index (χ0v) is 11.6. The molecule has 0 fully saturated rings. The molecule has 0 radical (unpaired) electrons. The molecule has 0 aliphatic rings. The molecule has 1 unspecified atom stereocenters. The molecule has 1 atom stereocenters. The number of aromatic nitrogens is 1. The Morgan fingerprint density at radius 3 is 2.71 bits per heavy atom. The minimum absolute atomic E-state index is 0.00513. The molecule has 108 valence electrons. The summed E-state index contributed by atoms with van der Waals surface area (Å²) < 4.78 is 18.8. The van der Waals surface area contributed by atoms with Crippen LogP contribution in [0.4, 0.5) is 4.39 Å². The molecular weight excluding hydrogens is 295 g/mol. The fourth-order valence-electron chi connectivity index (χ4n) is 2.07. The molecule has 1 heterocycles. The van der Waals surface area contributed by atoms with Crippen molar-refractivity contribution in [1.29, 1.82) is 0 Å². The number of fused-ring (bicyclic) bond motifs is 1. The van der Waals surface area contributed by atoms with Crippen molar-refractivity contribution < 1.29 is 13.9 Å². The normalized spacial score (nSPS) is 12.7. The highest BCUT2D eigenvalue weighted by atomic mass is 35.5. The van der Waals surface area contributed by atoms with Crippen molar-refractivity contribution in [2.45, 2.75) is 12.5 Å². The van der Waals surface area contributed by atoms with Crippen LogP contribution >= 0.6 is 11.6 Å². The van der Waals surface area contributed by atoms with E-state index in [9.17, 15) is 9.50 Å². The highest BCUT2D eigenvalue weighted by Gasteiger charge is 2.16. The lowest BCUT2D eigenvalue weighted by Gasteiger charge is -2.07. The molecule has 3 rings (SSSR count). The van der Waals surface area contributed by atoms with E-state index in [0.29, 0.717) is 23.4 Å². The van der Waals surface area contributed by atoms with Gasteiger partial charge < -0.3 is 15.3 Å². The molecule has 0 saturated heterocycles. The van der Waals surface area contributed by atoms with Gasteiger partial charge in [0.15, 0.2) is 5.58 Å². The van der Waals surface area contributed by atoms with Crippen LogP contribution < -0.4 is 5.73 Å². The number of benzene rings is 2. The van der Waals surface area contributed by atoms with Crippen molar-refractivity contribution in [2.75, 3.05) is 0 Å². The molecule has 4 nitrogen and oxygen atoms in total. The van der Waals surface area contributed by atoms with E-state index in [2.05, 4.69) is 4.98 Å². The standard InChI is InChI=1S/C15H12ClFN2O2/c16-10-6-13-14(7-11(10)17)21-15(19-13)12(18)5-8-1-3-9(20)4-2-8/h1-4,6-7,12,20H,5,18H2. The highest BCUT2D eigenvalue weighted by Crippen LogP contribution is 2.26. The summed E-state index contributed by atoms with van der Waals surface area (Å²) in [6.07, 6.45) is 0.489. The van der Waals surface area contributed by atoms with Crippen LogP contribution in [0.15, 0.2) is 40.8 Å². The van der Waals surface area contributed by atoms with Gasteiger partial charge in [-0.3, -0.25) is 0 Å². The third-order valence-electron chi connectivity index (χ3n) is 3.16. The Labute approximate surface area is 125 Å². The van der Waals surface area contributed by atoms with Crippen LogP contribution in [0.3, 0.4) is 0 Å². The highest BCUT2D eigenvalue weighted by molar-refractivity contribution is 6.31. The second-order valence-corrected chi connectivity index (χ2v) is 5.17. The number of hydrogen-bond acceptors (Lipinski definition) is 4. The van der Waals surface area contributed by atoms with Gasteiger partial charge in [0.2, 0.25) is 5.89 Å². The SMILES string of the molecule is NC(Cc1ccc(O)cc1)c1nc2cc(Cl)c(F)cc2o1. The van der Waals surface area contributed by atoms with Crippen molar-refractivity contribution in [1.82, 2.24) is 4.98 Å². The summed E-state index contributed by atoms with van der Waals surface area (Å²) in [5.41, 5.74) is 7.78. The Hall–Kier alpha value is -2.11. The van der Waals surface area contributed by atoms with Crippen molar-refractivity contribution in [2.24, 2.45) is 5.73 Å². The molecular formula is C15H12ClFN2O2. The second kappa shape index (κ2) is 5.35. The smallest absolute Gasteiger partial charge is 0.212 e. The fraction of sp³-hybridized carbons (Fsp3) is 0.133. The van der Waals surface area contributed by atoms with Gasteiger partial charge >= 0.3 is 0 Å². The van der Waals surface area contributed by atoms with Crippen LogP contribution in [0.5, 0.6) is 5.75 Å². The van der Waals surface area contributed by atoms with E-state index >= 15 is 0 Å². The number of halogens is 2. The third kappa shape index (κ3) is 2.84. The van der Waals surface area contributed by atoms with Gasteiger partial charge in [-0.15, -0.1) is 0 Å². The lowest BCUT2D eigenvalue weighted by atomic mass is 10.1. The van der Waals surface area contributed by atoms with Gasteiger partial charge in [-0.1, -0.05) is 23.7 Å². The molecule has 0 saturated carbocycles. The van der Waals surface area contributed by atoms with E-state index in [1.165, 1.54) is 12.1 Å². The van der Waals surface area contributed by atoms with Gasteiger partial charge in [0.1, 0.15) is 17.1 Å². The van der Waals surface area contributed by atoms with Crippen LogP contribution in [0.1, 0.15) is 17.5 Å². The number of hydrogen-bond donors (Lipinski definition) is 2. The van der Waals surface area contributed by atoms with E-state index < -0.39 is 11.9 Å². The first-order valence-electron chi connectivity index (χ1n) is 6.32. The topological polar surface area (TPSA) is 72.3 Å². The quantitative estimate of drug-likeness (QED) is 0.776. The molecule has 2 aromatic carbocycles. The van der Waals surface area contributed by atoms with E-state index in [0.717, 1.165) is 5.56 Å². The molecule has 3 aromatic rings. The molecule has 21 heavy (non-hydrogen) atoms. The number of nitrogens with two attached hydrogens (primary N) is 1. The number of aromatic hydroxyl groups is 1. The van der Waals surface area contributed by atoms with Crippen LogP contribution in [0, 0.1) is 5.82 Å². The molecule has 0 aliphatic carbocycles. The largest absolute Gasteiger partial charge is 0.508 e. The first-order valence-corrected chi connectivity index (χ1v) is 6.69. The summed E-state index contributed by atoms with van der Waals surface area (Å²) in [5, 5.41) is 9.24. The predicted octanol–water partition coefficient (Wildman–Crippen LogP) is 3.57. The minimum Gasteiger partial charge on any atom is -0.508 e. The number of oxazole rings is 1. The molecule has 1 aromatic heterocycles. The molecule has 0 spiro atoms. The van der Waals surface area contributed by atoms with E-state index in [4.69, 9.17) is 21.8 Å². The van der Waals surface area contributed by atoms with Crippen molar-refractivity contribution in [3.63, 3.8) is 0 Å². The number of nitrogens with zero attached hydrogens (tertiary/aromatic N) is 1. The maximum Gasteiger partial charge on any atom is 0.212 e. The van der Waals surface area contributed by atoms with Crippen molar-refractivity contribution >= 4 is 22.7 Å². The number of rotatable bonds is 3. The van der Waals surface area contributed by atoms with Crippen LogP contribution in [0.25, 0.3) is 11.1 Å². The summed E-state index contributed by atoms with van der Waals surface area (Å²) in [5.74, 6) is -0.0435. The van der Waals surface area contributed by atoms with Crippen molar-refractivity contribution in [3.05, 3.63) is 58.7 Å². The summed E-state index contributed by atoms with van der Waals surface area (Å²) in [7, 11) is 0. The summed E-state index contributed by atoms with van der Waals surface area (Å²) >= 11 is 5.71. The molecule has 6 heteroatoms. The van der Waals surface area contributed by atoms with Gasteiger partial charge in [-0.25, -0.2) is 9.37 Å². The van der Waals surface area contributed by atoms with E-state index in [-0.39, 0.29) is 10.8 Å². The van der Waals surface area contributed by atoms with Gasteiger partial charge in [-0.2, -0.15) is 0 Å². The number of phenols is 1. The predicted molar refractivity (Wildman–Crippen MR) is 77.7 cm³/mol. The first-order chi connectivity index (χ1) is 10.0. The zero-order chi connectivity index (χ0) is 15.0. The monoisotopic (exact) mass is 306 g/mol. The fourth-order valence-corrected chi connectivity index (χ4v) is 2.23. The minimum atomic E-state index is -0.557. The Morgan fingerprint density at radius 1 is 1.29 bits per heavy atom. The maximum atomic E-state index is 13.4. The average molecular weight is 307 g/mol. The van der Waals surface area contributed by atoms with Crippen LogP contribution in [0.2, 0.25) is 5.02 Å². The van der Waals surface area contributed by atoms with Gasteiger partial charge in [-0.05, 0) is 30.2 Å². The molecule has 0 aliphatic heterocycles. The zero-order valence-electron chi connectivity index (χ0n) is 10.9. The molecule has 3 N–H and O–H groups in total. The van der Waals surface area contributed by atoms with Gasteiger partial charge in [0, 0.05) is 6.07 Å². The Kier molecular flexibility index (Phi) is 3.53. The van der Waals surface area contributed by atoms with Gasteiger partial charge in [0.05, 0.1) is 11.1 Å². The Morgan fingerprint density at radius 2 is 2.00 bits per heavy atom. The van der Waals surface area contributed by atoms with Crippen LogP contribution in [-0.2, 0) is 6.42 Å². The summed E-state index contributed by atoms with van der Waals surface area (Å²) in [6.45, 7) is 0. The Balaban J connectivity index is 1.87. The molecule has 0 amide bonds.